The number of piperidine rings is 4. The van der Waals surface area contributed by atoms with Gasteiger partial charge in [-0.2, -0.15) is 0 Å². The van der Waals surface area contributed by atoms with Gasteiger partial charge >= 0.3 is 23.9 Å². The SMILES string of the molecule is [2H]C([2H])([2H])C([2H])(C)C([2H])([2H])[C@@H]1CN2CCc3cc(OC)c(OC)cc3[C@H]2C[C@@H]1OC(=O)[C@@H](N)C(C)C.[2H]C([2H])([2H])Oc1cc2c(cc1OC)[C@@H]1C[C@H](OC(=O)[C@@H](N)C(C)C)[C@@H](CC(C)C)CN1CC2.[2H]C([2H])([2H])Oc1cc2c(cc1OC)[C@H]1C[C@H](OC(=O)[C@@H](N)C(C)C)[C@H](C([2H])([2H])C([2H])(C)C([2H])([2H])[2H])CN1CC2.[2H]C([2H])([2H])Oc1cc2c(cc1OC)[C@H]1C[C@H](OC(=O)[C@@H](N)C(C)C)[C@H](C([2H])([2H])C([2H])(C)C([2H])([2H])[2H])CN1CC2. The molecule has 8 N–H and O–H groups in total. The Labute approximate surface area is 756 Å². The Kier molecular flexibility index (Phi) is 23.6. The van der Waals surface area contributed by atoms with Gasteiger partial charge in [0.15, 0.2) is 46.0 Å². The van der Waals surface area contributed by atoms with Gasteiger partial charge < -0.3 is 79.8 Å². The lowest BCUT2D eigenvalue weighted by Crippen LogP contribution is -2.51. The minimum absolute atomic E-state index is 0.0115. The Hall–Kier alpha value is -7.16. The van der Waals surface area contributed by atoms with Crippen molar-refractivity contribution in [1.29, 1.82) is 0 Å². The van der Waals surface area contributed by atoms with E-state index in [1.807, 2.05) is 41.8 Å². The van der Waals surface area contributed by atoms with Crippen molar-refractivity contribution in [3.05, 3.63) is 93.0 Å². The van der Waals surface area contributed by atoms with Crippen molar-refractivity contribution >= 4 is 23.9 Å². The highest BCUT2D eigenvalue weighted by molar-refractivity contribution is 5.77. The van der Waals surface area contributed by atoms with Gasteiger partial charge in [-0.1, -0.05) is 111 Å². The fourth-order valence-corrected chi connectivity index (χ4v) is 17.8. The summed E-state index contributed by atoms with van der Waals surface area (Å²) in [7, 11) is -0.486. The second kappa shape index (κ2) is 43.9. The van der Waals surface area contributed by atoms with Crippen molar-refractivity contribution in [1.82, 2.24) is 19.6 Å². The van der Waals surface area contributed by atoms with Crippen LogP contribution >= 0.6 is 0 Å². The van der Waals surface area contributed by atoms with E-state index in [4.69, 9.17) is 117 Å². The van der Waals surface area contributed by atoms with E-state index < -0.39 is 157 Å². The van der Waals surface area contributed by atoms with E-state index in [2.05, 4.69) is 23.6 Å². The molecule has 4 aromatic rings. The number of rotatable bonds is 28. The van der Waals surface area contributed by atoms with Crippen molar-refractivity contribution in [2.75, 3.05) is 109 Å². The van der Waals surface area contributed by atoms with Crippen LogP contribution in [0.25, 0.3) is 0 Å². The second-order valence-electron chi connectivity index (χ2n) is 34.8. The van der Waals surface area contributed by atoms with Crippen LogP contribution in [-0.4, -0.2) is 201 Å². The summed E-state index contributed by atoms with van der Waals surface area (Å²) < 4.78 is 283. The molecule has 8 aliphatic rings. The molecule has 19 atom stereocenters. The highest BCUT2D eigenvalue weighted by Gasteiger charge is 2.47. The van der Waals surface area contributed by atoms with Gasteiger partial charge in [-0.15, -0.1) is 0 Å². The van der Waals surface area contributed by atoms with E-state index in [1.165, 1.54) is 21.3 Å². The van der Waals surface area contributed by atoms with E-state index in [0.29, 0.717) is 68.5 Å². The molecule has 120 heavy (non-hydrogen) atoms. The van der Waals surface area contributed by atoms with Gasteiger partial charge in [-0.05, 0) is 192 Å². The van der Waals surface area contributed by atoms with Crippen LogP contribution in [0.5, 0.6) is 46.0 Å². The van der Waals surface area contributed by atoms with Crippen LogP contribution < -0.4 is 60.8 Å². The molecule has 0 bridgehead atoms. The maximum atomic E-state index is 12.9. The molecule has 0 aliphatic carbocycles. The summed E-state index contributed by atoms with van der Waals surface area (Å²) >= 11 is 0. The third kappa shape index (κ3) is 23.8. The first-order chi connectivity index (χ1) is 67.4. The molecule has 0 amide bonds. The van der Waals surface area contributed by atoms with Gasteiger partial charge in [0, 0.05) is 151 Å². The third-order valence-electron chi connectivity index (χ3n) is 24.6. The van der Waals surface area contributed by atoms with Gasteiger partial charge in [0.1, 0.15) is 48.6 Å². The number of ether oxygens (including phenoxy) is 12. The van der Waals surface area contributed by atoms with Crippen molar-refractivity contribution in [2.24, 2.45) is 93.9 Å². The highest BCUT2D eigenvalue weighted by atomic mass is 16.6. The number of methoxy groups -OCH3 is 8. The molecule has 672 valence electrons. The van der Waals surface area contributed by atoms with E-state index in [1.54, 1.807) is 86.1 Å². The number of benzene rings is 4. The monoisotopic (exact) mass is 1700 g/mol. The molecule has 24 heteroatoms. The maximum absolute atomic E-state index is 12.9. The summed E-state index contributed by atoms with van der Waals surface area (Å²) in [5.74, 6) is -10.7. The number of carbonyl (C=O) groups is 4. The molecule has 8 aliphatic heterocycles. The number of fused-ring (bicyclic) bond motifs is 12. The van der Waals surface area contributed by atoms with Gasteiger partial charge in [-0.25, -0.2) is 0 Å². The van der Waals surface area contributed by atoms with Crippen LogP contribution in [0.15, 0.2) is 48.5 Å². The largest absolute Gasteiger partial charge is 0.493 e. The lowest BCUT2D eigenvalue weighted by atomic mass is 9.79. The smallest absolute Gasteiger partial charge is 0.323 e. The van der Waals surface area contributed by atoms with E-state index in [0.717, 1.165) is 91.2 Å². The lowest BCUT2D eigenvalue weighted by molar-refractivity contribution is -0.161. The molecule has 4 fully saturated rings. The average Bonchev–Trinajstić information content (AvgIpc) is 0.734. The van der Waals surface area contributed by atoms with Gasteiger partial charge in [0.2, 0.25) is 0 Å². The Balaban J connectivity index is 0.000000218. The first-order valence-electron chi connectivity index (χ1n) is 55.6. The number of hydrogen-bond donors (Lipinski definition) is 4. The van der Waals surface area contributed by atoms with Crippen molar-refractivity contribution < 1.29 is 113 Å². The minimum Gasteiger partial charge on any atom is -0.493 e. The zero-order valence-electron chi connectivity index (χ0n) is 100. The van der Waals surface area contributed by atoms with Crippen LogP contribution in [0.2, 0.25) is 0 Å². The van der Waals surface area contributed by atoms with Gasteiger partial charge in [0.05, 0.1) is 69.0 Å². The zero-order valence-corrected chi connectivity index (χ0v) is 73.4. The lowest BCUT2D eigenvalue weighted by Gasteiger charge is -2.47. The van der Waals surface area contributed by atoms with Crippen LogP contribution in [0.1, 0.15) is 267 Å². The molecule has 0 radical (unpaired) electrons. The standard InChI is InChI=1S/4C24H38N2O4/c4*1-14(2)9-17-13-26-8-7-16-10-21(28-5)22(29-6)11-18(16)19(26)12-20(17)30-24(27)23(25)15(3)4/h4*10-11,14-15,17,19-20,23H,7-9,12-13,25H2,1-6H3/t3*17-,19-,20+,23+;17-,19-,20-,23-/m1110/s1/i2*1D3,5D3,9D2,14D;1D3,9D2,14D;5D3/t3*14?,17-,19-,20+,23+;m. The summed E-state index contributed by atoms with van der Waals surface area (Å²) in [6.07, 6.45) is -6.37. The fourth-order valence-electron chi connectivity index (χ4n) is 17.8. The highest BCUT2D eigenvalue weighted by Crippen LogP contribution is 2.50. The molecule has 8 heterocycles. The van der Waals surface area contributed by atoms with Crippen LogP contribution in [0.3, 0.4) is 0 Å². The summed E-state index contributed by atoms with van der Waals surface area (Å²) in [5.41, 5.74) is 31.5. The van der Waals surface area contributed by atoms with Crippen LogP contribution in [0, 0.1) is 70.9 Å². The topological polar surface area (TPSA) is 296 Å². The predicted octanol–water partition coefficient (Wildman–Crippen LogP) is 14.3. The summed E-state index contributed by atoms with van der Waals surface area (Å²) in [4.78, 5) is 59.9. The zero-order chi connectivity index (χ0) is 111. The number of carbonyl (C=O) groups excluding carboxylic acids is 4. The molecule has 0 spiro atoms. The Bertz CT molecular complexity index is 5010. The molecule has 4 saturated heterocycles. The van der Waals surface area contributed by atoms with Gasteiger partial charge in [-0.3, -0.25) is 38.8 Å². The van der Waals surface area contributed by atoms with E-state index in [-0.39, 0.29) is 133 Å². The first-order valence-corrected chi connectivity index (χ1v) is 42.1. The molecule has 0 aromatic heterocycles. The van der Waals surface area contributed by atoms with Crippen molar-refractivity contribution in [3.63, 3.8) is 0 Å². The molecule has 24 nitrogen and oxygen atoms in total. The average molecular weight is 1700 g/mol. The summed E-state index contributed by atoms with van der Waals surface area (Å²) in [6.45, 7) is 16.7. The van der Waals surface area contributed by atoms with Crippen LogP contribution in [-0.2, 0) is 63.8 Å². The molecular formula is C96H152N8O16. The molecule has 12 rings (SSSR count). The maximum Gasteiger partial charge on any atom is 0.323 e. The quantitative estimate of drug-likeness (QED) is 0.0303. The number of nitrogens with zero attached hydrogens (tertiary/aromatic N) is 4. The second-order valence-corrected chi connectivity index (χ2v) is 34.8. The molecule has 0 saturated carbocycles. The third-order valence-corrected chi connectivity index (χ3v) is 24.6. The number of hydrogen-bond acceptors (Lipinski definition) is 24. The minimum atomic E-state index is -2.93. The number of esters is 4. The Morgan fingerprint density at radius 1 is 0.358 bits per heavy atom. The molecule has 4 aromatic carbocycles. The van der Waals surface area contributed by atoms with E-state index >= 15 is 0 Å². The Morgan fingerprint density at radius 3 is 0.783 bits per heavy atom. The predicted molar refractivity (Wildman–Crippen MR) is 471 cm³/mol. The molecule has 3 unspecified atom stereocenters. The van der Waals surface area contributed by atoms with Crippen molar-refractivity contribution in [3.8, 4) is 46.0 Å². The summed E-state index contributed by atoms with van der Waals surface area (Å²) in [6, 6.07) is 9.75. The normalized spacial score (nSPS) is 30.7. The summed E-state index contributed by atoms with van der Waals surface area (Å²) in [5, 5.41) is 0. The van der Waals surface area contributed by atoms with Crippen LogP contribution in [0.4, 0.5) is 0 Å². The number of nitrogens with two attached hydrogens (primary N) is 4. The first kappa shape index (κ1) is 64.6. The fraction of sp³-hybridized carbons (Fsp3) is 0.708. The molecular weight excluding hydrogens is 1520 g/mol. The van der Waals surface area contributed by atoms with Gasteiger partial charge in [0.25, 0.3) is 0 Å². The van der Waals surface area contributed by atoms with Crippen molar-refractivity contribution in [2.45, 2.75) is 260 Å². The Morgan fingerprint density at radius 2 is 0.575 bits per heavy atom. The van der Waals surface area contributed by atoms with E-state index in [9.17, 15) is 19.2 Å².